The van der Waals surface area contributed by atoms with Crippen molar-refractivity contribution in [3.63, 3.8) is 0 Å². The number of nitrogens with one attached hydrogen (secondary N) is 1. The molecule has 0 aliphatic rings. The summed E-state index contributed by atoms with van der Waals surface area (Å²) in [5, 5.41) is 5.01. The summed E-state index contributed by atoms with van der Waals surface area (Å²) in [5.74, 6) is 0.557. The van der Waals surface area contributed by atoms with E-state index in [1.54, 1.807) is 13.2 Å². The first-order valence-electron chi connectivity index (χ1n) is 6.02. The fourth-order valence-electron chi connectivity index (χ4n) is 2.11. The van der Waals surface area contributed by atoms with E-state index < -0.39 is 0 Å². The molecule has 1 atom stereocenters. The number of rotatable bonds is 4. The minimum Gasteiger partial charge on any atom is -0.495 e. The number of benzene rings is 2. The molecule has 0 bridgehead atoms. The first-order chi connectivity index (χ1) is 9.56. The van der Waals surface area contributed by atoms with Crippen LogP contribution in [0.25, 0.3) is 0 Å². The average Bonchev–Trinajstić information content (AvgIpc) is 2.43. The van der Waals surface area contributed by atoms with Crippen molar-refractivity contribution in [3.05, 3.63) is 62.6 Å². The summed E-state index contributed by atoms with van der Waals surface area (Å²) in [4.78, 5) is 0. The van der Waals surface area contributed by atoms with Gasteiger partial charge in [0.2, 0.25) is 0 Å². The van der Waals surface area contributed by atoms with E-state index in [1.165, 1.54) is 0 Å². The zero-order valence-electron chi connectivity index (χ0n) is 11.1. The van der Waals surface area contributed by atoms with Gasteiger partial charge in [-0.25, -0.2) is 0 Å². The van der Waals surface area contributed by atoms with Gasteiger partial charge in [-0.2, -0.15) is 0 Å². The van der Waals surface area contributed by atoms with Crippen molar-refractivity contribution in [2.75, 3.05) is 14.2 Å². The average molecular weight is 331 g/mol. The van der Waals surface area contributed by atoms with Crippen LogP contribution < -0.4 is 10.1 Å². The molecule has 0 heterocycles. The van der Waals surface area contributed by atoms with Crippen LogP contribution >= 0.6 is 34.8 Å². The Labute approximate surface area is 133 Å². The molecule has 0 aliphatic heterocycles. The highest BCUT2D eigenvalue weighted by Gasteiger charge is 2.18. The van der Waals surface area contributed by atoms with Crippen LogP contribution in [0.3, 0.4) is 0 Å². The van der Waals surface area contributed by atoms with E-state index in [0.717, 1.165) is 11.1 Å². The van der Waals surface area contributed by atoms with Crippen molar-refractivity contribution in [1.82, 2.24) is 5.32 Å². The molecule has 0 fully saturated rings. The van der Waals surface area contributed by atoms with Gasteiger partial charge in [0.1, 0.15) is 5.75 Å². The van der Waals surface area contributed by atoms with Crippen molar-refractivity contribution >= 4 is 34.8 Å². The number of methoxy groups -OCH3 is 1. The fraction of sp³-hybridized carbons (Fsp3) is 0.200. The Morgan fingerprint density at radius 1 is 1.05 bits per heavy atom. The highest BCUT2D eigenvalue weighted by molar-refractivity contribution is 6.34. The normalized spacial score (nSPS) is 12.2. The third-order valence-corrected chi connectivity index (χ3v) is 3.91. The van der Waals surface area contributed by atoms with Gasteiger partial charge in [0.05, 0.1) is 18.2 Å². The minimum atomic E-state index is -0.0930. The van der Waals surface area contributed by atoms with Crippen LogP contribution in [-0.2, 0) is 0 Å². The van der Waals surface area contributed by atoms with Gasteiger partial charge < -0.3 is 10.1 Å². The highest BCUT2D eigenvalue weighted by Crippen LogP contribution is 2.36. The van der Waals surface area contributed by atoms with Crippen LogP contribution in [0.5, 0.6) is 5.75 Å². The van der Waals surface area contributed by atoms with Crippen LogP contribution in [0.15, 0.2) is 36.4 Å². The maximum atomic E-state index is 6.33. The number of hydrogen-bond donors (Lipinski definition) is 1. The molecule has 106 valence electrons. The summed E-state index contributed by atoms with van der Waals surface area (Å²) < 4.78 is 5.16. The second-order valence-electron chi connectivity index (χ2n) is 4.28. The fourth-order valence-corrected chi connectivity index (χ4v) is 2.82. The van der Waals surface area contributed by atoms with Gasteiger partial charge in [-0.1, -0.05) is 46.9 Å². The van der Waals surface area contributed by atoms with Crippen LogP contribution in [-0.4, -0.2) is 14.2 Å². The Bertz CT molecular complexity index is 616. The Morgan fingerprint density at radius 3 is 2.40 bits per heavy atom. The van der Waals surface area contributed by atoms with Gasteiger partial charge in [-0.3, -0.25) is 0 Å². The molecule has 0 aromatic heterocycles. The molecule has 20 heavy (non-hydrogen) atoms. The monoisotopic (exact) mass is 329 g/mol. The van der Waals surface area contributed by atoms with Crippen molar-refractivity contribution in [2.24, 2.45) is 0 Å². The van der Waals surface area contributed by atoms with E-state index in [9.17, 15) is 0 Å². The molecule has 2 rings (SSSR count). The van der Waals surface area contributed by atoms with Gasteiger partial charge in [0.25, 0.3) is 0 Å². The molecule has 5 heteroatoms. The first-order valence-corrected chi connectivity index (χ1v) is 7.16. The Balaban J connectivity index is 2.49. The maximum absolute atomic E-state index is 6.33. The predicted molar refractivity (Wildman–Crippen MR) is 85.4 cm³/mol. The Hall–Kier alpha value is -0.930. The van der Waals surface area contributed by atoms with E-state index in [0.29, 0.717) is 20.8 Å². The van der Waals surface area contributed by atoms with Crippen molar-refractivity contribution in [2.45, 2.75) is 6.04 Å². The lowest BCUT2D eigenvalue weighted by Gasteiger charge is -2.20. The quantitative estimate of drug-likeness (QED) is 0.855. The Morgan fingerprint density at radius 2 is 1.80 bits per heavy atom. The van der Waals surface area contributed by atoms with Gasteiger partial charge >= 0.3 is 0 Å². The standard InChI is InChI=1S/C15H14Cl3NO/c1-19-15(9-4-3-5-10(16)6-9)11-7-13(18)14(20-2)8-12(11)17/h3-8,15,19H,1-2H3. The van der Waals surface area contributed by atoms with Crippen LogP contribution in [0, 0.1) is 0 Å². The summed E-state index contributed by atoms with van der Waals surface area (Å²) in [6.07, 6.45) is 0. The summed E-state index contributed by atoms with van der Waals surface area (Å²) in [5.41, 5.74) is 1.89. The van der Waals surface area contributed by atoms with Gasteiger partial charge in [0, 0.05) is 16.1 Å². The molecule has 0 aliphatic carbocycles. The minimum absolute atomic E-state index is 0.0930. The zero-order chi connectivity index (χ0) is 14.7. The third kappa shape index (κ3) is 3.21. The first kappa shape index (κ1) is 15.5. The molecular weight excluding hydrogens is 317 g/mol. The smallest absolute Gasteiger partial charge is 0.138 e. The molecule has 0 saturated heterocycles. The summed E-state index contributed by atoms with van der Waals surface area (Å²) in [7, 11) is 3.42. The van der Waals surface area contributed by atoms with Crippen LogP contribution in [0.4, 0.5) is 0 Å². The lowest BCUT2D eigenvalue weighted by molar-refractivity contribution is 0.415. The van der Waals surface area contributed by atoms with E-state index in [1.807, 2.05) is 37.4 Å². The molecule has 1 unspecified atom stereocenters. The highest BCUT2D eigenvalue weighted by atomic mass is 35.5. The third-order valence-electron chi connectivity index (χ3n) is 3.05. The van der Waals surface area contributed by atoms with Gasteiger partial charge in [0.15, 0.2) is 0 Å². The van der Waals surface area contributed by atoms with Crippen molar-refractivity contribution in [3.8, 4) is 5.75 Å². The summed E-state index contributed by atoms with van der Waals surface area (Å²) in [6, 6.07) is 11.1. The Kier molecular flexibility index (Phi) is 5.17. The predicted octanol–water partition coefficient (Wildman–Crippen LogP) is 4.96. The van der Waals surface area contributed by atoms with E-state index >= 15 is 0 Å². The van der Waals surface area contributed by atoms with Gasteiger partial charge in [-0.15, -0.1) is 0 Å². The number of ether oxygens (including phenoxy) is 1. The van der Waals surface area contributed by atoms with Crippen molar-refractivity contribution in [1.29, 1.82) is 0 Å². The number of halogens is 3. The molecule has 2 aromatic rings. The van der Waals surface area contributed by atoms with E-state index in [2.05, 4.69) is 5.32 Å². The molecule has 1 N–H and O–H groups in total. The van der Waals surface area contributed by atoms with Crippen molar-refractivity contribution < 1.29 is 4.74 Å². The summed E-state index contributed by atoms with van der Waals surface area (Å²) in [6.45, 7) is 0. The molecule has 0 amide bonds. The van der Waals surface area contributed by atoms with Crippen LogP contribution in [0.1, 0.15) is 17.2 Å². The lowest BCUT2D eigenvalue weighted by atomic mass is 9.98. The van der Waals surface area contributed by atoms with Crippen LogP contribution in [0.2, 0.25) is 15.1 Å². The van der Waals surface area contributed by atoms with Gasteiger partial charge in [-0.05, 0) is 36.4 Å². The molecule has 0 spiro atoms. The SMILES string of the molecule is CNC(c1cccc(Cl)c1)c1cc(Cl)c(OC)cc1Cl. The number of hydrogen-bond acceptors (Lipinski definition) is 2. The zero-order valence-corrected chi connectivity index (χ0v) is 13.4. The molecule has 0 saturated carbocycles. The second kappa shape index (κ2) is 6.68. The van der Waals surface area contributed by atoms with E-state index in [4.69, 9.17) is 39.5 Å². The molecule has 2 aromatic carbocycles. The molecule has 2 nitrogen and oxygen atoms in total. The second-order valence-corrected chi connectivity index (χ2v) is 5.54. The largest absolute Gasteiger partial charge is 0.495 e. The van der Waals surface area contributed by atoms with E-state index in [-0.39, 0.29) is 6.04 Å². The topological polar surface area (TPSA) is 21.3 Å². The molecular formula is C15H14Cl3NO. The lowest BCUT2D eigenvalue weighted by Crippen LogP contribution is -2.18. The summed E-state index contributed by atoms with van der Waals surface area (Å²) >= 11 is 18.6. The maximum Gasteiger partial charge on any atom is 0.138 e. The molecule has 0 radical (unpaired) electrons.